The van der Waals surface area contributed by atoms with E-state index in [2.05, 4.69) is 42.9 Å². The van der Waals surface area contributed by atoms with Crippen LogP contribution in [0, 0.1) is 0 Å². The fourth-order valence-electron chi connectivity index (χ4n) is 3.80. The third-order valence-corrected chi connectivity index (χ3v) is 6.81. The molecule has 2 aromatic carbocycles. The van der Waals surface area contributed by atoms with Gasteiger partial charge in [0.15, 0.2) is 17.1 Å². The molecule has 1 atom stereocenters. The number of benzene rings is 2. The number of thioether (sulfide) groups is 1. The molecule has 1 amide bonds. The minimum atomic E-state index is -0.651. The van der Waals surface area contributed by atoms with Crippen molar-refractivity contribution in [1.29, 1.82) is 0 Å². The number of esters is 2. The summed E-state index contributed by atoms with van der Waals surface area (Å²) in [7, 11) is 2.45. The Kier molecular flexibility index (Phi) is 10.1. The van der Waals surface area contributed by atoms with Gasteiger partial charge in [-0.15, -0.1) is 16.8 Å². The van der Waals surface area contributed by atoms with Gasteiger partial charge >= 0.3 is 11.9 Å². The fourth-order valence-corrected chi connectivity index (χ4v) is 4.55. The smallest absolute Gasteiger partial charge is 0.337 e. The number of allylic oxidation sites excluding steroid dienone is 1. The number of rotatable bonds is 11. The van der Waals surface area contributed by atoms with E-state index in [9.17, 15) is 14.4 Å². The summed E-state index contributed by atoms with van der Waals surface area (Å²) < 4.78 is 17.4. The Bertz CT molecular complexity index is 1340. The molecule has 212 valence electrons. The van der Waals surface area contributed by atoms with Crippen molar-refractivity contribution in [1.82, 2.24) is 14.8 Å². The van der Waals surface area contributed by atoms with Crippen LogP contribution in [-0.2, 0) is 26.2 Å². The van der Waals surface area contributed by atoms with Crippen LogP contribution < -0.4 is 10.1 Å². The highest BCUT2D eigenvalue weighted by molar-refractivity contribution is 7.99. The van der Waals surface area contributed by atoms with Gasteiger partial charge in [-0.05, 0) is 48.2 Å². The van der Waals surface area contributed by atoms with Crippen LogP contribution in [0.15, 0.2) is 60.3 Å². The topological polar surface area (TPSA) is 122 Å². The van der Waals surface area contributed by atoms with Crippen LogP contribution in [0.4, 0.5) is 5.69 Å². The quantitative estimate of drug-likeness (QED) is 0.189. The largest absolute Gasteiger partial charge is 0.483 e. The van der Waals surface area contributed by atoms with Crippen molar-refractivity contribution in [2.24, 2.45) is 0 Å². The molecule has 10 nitrogen and oxygen atoms in total. The van der Waals surface area contributed by atoms with Crippen LogP contribution in [0.1, 0.15) is 65.9 Å². The monoisotopic (exact) mass is 566 g/mol. The first-order valence-corrected chi connectivity index (χ1v) is 13.5. The van der Waals surface area contributed by atoms with Gasteiger partial charge in [0, 0.05) is 12.2 Å². The second-order valence-electron chi connectivity index (χ2n) is 9.89. The molecule has 0 spiro atoms. The first kappa shape index (κ1) is 30.4. The highest BCUT2D eigenvalue weighted by Gasteiger charge is 2.21. The van der Waals surface area contributed by atoms with E-state index in [0.29, 0.717) is 23.3 Å². The lowest BCUT2D eigenvalue weighted by Gasteiger charge is -2.20. The summed E-state index contributed by atoms with van der Waals surface area (Å²) in [6.45, 7) is 12.6. The van der Waals surface area contributed by atoms with E-state index in [0.717, 1.165) is 0 Å². The summed E-state index contributed by atoms with van der Waals surface area (Å²) in [6.07, 6.45) is 1.31. The predicted molar refractivity (Wildman–Crippen MR) is 153 cm³/mol. The Morgan fingerprint density at radius 2 is 1.62 bits per heavy atom. The number of nitrogens with one attached hydrogen (secondary N) is 1. The van der Waals surface area contributed by atoms with Gasteiger partial charge in [-0.25, -0.2) is 9.59 Å². The number of aromatic nitrogens is 3. The molecule has 0 saturated heterocycles. The average molecular weight is 567 g/mol. The van der Waals surface area contributed by atoms with Crippen molar-refractivity contribution < 1.29 is 28.6 Å². The third kappa shape index (κ3) is 7.72. The van der Waals surface area contributed by atoms with Crippen molar-refractivity contribution in [2.45, 2.75) is 50.9 Å². The Balaban J connectivity index is 1.71. The number of carbonyl (C=O) groups excluding carboxylic acids is 3. The Labute approximate surface area is 238 Å². The number of anilines is 1. The molecule has 3 aromatic rings. The molecule has 0 aliphatic rings. The SMILES string of the molecule is C=CCn1c(SCC(=O)Nc2cc(C(=O)OC)cc(C(=O)OC)c2)nnc1C(C)Oc1ccc(C(C)(C)C)cc1. The summed E-state index contributed by atoms with van der Waals surface area (Å²) in [5, 5.41) is 11.8. The molecule has 1 aromatic heterocycles. The lowest BCUT2D eigenvalue weighted by molar-refractivity contribution is -0.113. The molecule has 3 rings (SSSR count). The molecular weight excluding hydrogens is 532 g/mol. The number of ether oxygens (including phenoxy) is 3. The molecule has 0 bridgehead atoms. The van der Waals surface area contributed by atoms with Crippen molar-refractivity contribution in [3.8, 4) is 5.75 Å². The molecule has 0 aliphatic heterocycles. The van der Waals surface area contributed by atoms with Gasteiger partial charge < -0.3 is 19.5 Å². The number of carbonyl (C=O) groups is 3. The first-order valence-electron chi connectivity index (χ1n) is 12.5. The maximum Gasteiger partial charge on any atom is 0.337 e. The summed E-state index contributed by atoms with van der Waals surface area (Å²) >= 11 is 1.18. The van der Waals surface area contributed by atoms with Gasteiger partial charge in [0.1, 0.15) is 5.75 Å². The van der Waals surface area contributed by atoms with Gasteiger partial charge in [-0.3, -0.25) is 9.36 Å². The van der Waals surface area contributed by atoms with Crippen LogP contribution >= 0.6 is 11.8 Å². The van der Waals surface area contributed by atoms with Gasteiger partial charge in [0.25, 0.3) is 0 Å². The molecule has 11 heteroatoms. The summed E-state index contributed by atoms with van der Waals surface area (Å²) in [5.74, 6) is -0.376. The van der Waals surface area contributed by atoms with E-state index in [1.807, 2.05) is 35.8 Å². The Morgan fingerprint density at radius 1 is 1.02 bits per heavy atom. The molecule has 0 saturated carbocycles. The lowest BCUT2D eigenvalue weighted by atomic mass is 9.87. The first-order chi connectivity index (χ1) is 19.0. The Morgan fingerprint density at radius 3 is 2.15 bits per heavy atom. The highest BCUT2D eigenvalue weighted by Crippen LogP contribution is 2.28. The van der Waals surface area contributed by atoms with E-state index in [4.69, 9.17) is 14.2 Å². The van der Waals surface area contributed by atoms with E-state index in [1.54, 1.807) is 6.08 Å². The van der Waals surface area contributed by atoms with Crippen molar-refractivity contribution >= 4 is 35.3 Å². The van der Waals surface area contributed by atoms with Crippen molar-refractivity contribution in [3.63, 3.8) is 0 Å². The van der Waals surface area contributed by atoms with Crippen molar-refractivity contribution in [3.05, 3.63) is 77.6 Å². The van der Waals surface area contributed by atoms with E-state index >= 15 is 0 Å². The van der Waals surface area contributed by atoms with Crippen LogP contribution in [0.3, 0.4) is 0 Å². The zero-order valence-electron chi connectivity index (χ0n) is 23.5. The molecule has 1 N–H and O–H groups in total. The van der Waals surface area contributed by atoms with Crippen LogP contribution in [0.5, 0.6) is 5.75 Å². The lowest BCUT2D eigenvalue weighted by Crippen LogP contribution is -2.17. The number of amides is 1. The van der Waals surface area contributed by atoms with E-state index in [-0.39, 0.29) is 33.9 Å². The zero-order valence-corrected chi connectivity index (χ0v) is 24.3. The van der Waals surface area contributed by atoms with E-state index in [1.165, 1.54) is 49.7 Å². The zero-order chi connectivity index (χ0) is 29.4. The summed E-state index contributed by atoms with van der Waals surface area (Å²) in [4.78, 5) is 36.8. The molecule has 0 aliphatic carbocycles. The summed E-state index contributed by atoms with van der Waals surface area (Å²) in [5.41, 5.74) is 1.71. The van der Waals surface area contributed by atoms with Gasteiger partial charge in [0.05, 0.1) is 31.1 Å². The molecule has 1 unspecified atom stereocenters. The number of hydrogen-bond donors (Lipinski definition) is 1. The van der Waals surface area contributed by atoms with Gasteiger partial charge in [0.2, 0.25) is 5.91 Å². The van der Waals surface area contributed by atoms with Crippen molar-refractivity contribution in [2.75, 3.05) is 25.3 Å². The third-order valence-electron chi connectivity index (χ3n) is 5.85. The highest BCUT2D eigenvalue weighted by atomic mass is 32.2. The number of nitrogens with zero attached hydrogens (tertiary/aromatic N) is 3. The maximum atomic E-state index is 12.8. The molecular formula is C29H34N4O6S. The average Bonchev–Trinajstić information content (AvgIpc) is 3.33. The minimum absolute atomic E-state index is 0.00517. The maximum absolute atomic E-state index is 12.8. The molecule has 1 heterocycles. The Hall–Kier alpha value is -4.12. The molecule has 0 radical (unpaired) electrons. The second-order valence-corrected chi connectivity index (χ2v) is 10.8. The standard InChI is InChI=1S/C29H34N4O6S/c1-8-13-33-25(18(2)39-23-11-9-21(10-12-23)29(3,4)5)31-32-28(33)40-17-24(34)30-22-15-19(26(35)37-6)14-20(16-22)27(36)38-7/h8-12,14-16,18H,1,13,17H2,2-7H3,(H,30,34). The van der Waals surface area contributed by atoms with E-state index < -0.39 is 18.0 Å². The molecule has 0 fully saturated rings. The van der Waals surface area contributed by atoms with Crippen LogP contribution in [0.2, 0.25) is 0 Å². The van der Waals surface area contributed by atoms with Crippen LogP contribution in [-0.4, -0.2) is 52.6 Å². The van der Waals surface area contributed by atoms with Crippen LogP contribution in [0.25, 0.3) is 0 Å². The van der Waals surface area contributed by atoms with Gasteiger partial charge in [-0.2, -0.15) is 0 Å². The second kappa shape index (κ2) is 13.3. The normalized spacial score (nSPS) is 11.8. The summed E-state index contributed by atoms with van der Waals surface area (Å²) in [6, 6.07) is 12.1. The minimum Gasteiger partial charge on any atom is -0.483 e. The fraction of sp³-hybridized carbons (Fsp3) is 0.345. The molecule has 40 heavy (non-hydrogen) atoms. The predicted octanol–water partition coefficient (Wildman–Crippen LogP) is 5.21. The van der Waals surface area contributed by atoms with Gasteiger partial charge in [-0.1, -0.05) is 50.7 Å². The number of hydrogen-bond acceptors (Lipinski definition) is 9. The number of methoxy groups -OCH3 is 2.